The highest BCUT2D eigenvalue weighted by atomic mass is 19.1. The molecule has 0 radical (unpaired) electrons. The molecule has 0 N–H and O–H groups in total. The minimum absolute atomic E-state index is 0.148. The smallest absolute Gasteiger partial charge is 0.223 e. The van der Waals surface area contributed by atoms with Crippen LogP contribution in [-0.4, -0.2) is 30.8 Å². The lowest BCUT2D eigenvalue weighted by molar-refractivity contribution is -0.132. The third-order valence-electron chi connectivity index (χ3n) is 5.07. The first-order chi connectivity index (χ1) is 14.4. The van der Waals surface area contributed by atoms with E-state index in [1.54, 1.807) is 16.8 Å². The van der Waals surface area contributed by atoms with E-state index in [0.717, 1.165) is 22.6 Å². The maximum atomic E-state index is 13.2. The predicted molar refractivity (Wildman–Crippen MR) is 108 cm³/mol. The Labute approximate surface area is 174 Å². The molecule has 8 heteroatoms. The minimum atomic E-state index is -0.309. The molecule has 1 aliphatic heterocycles. The number of ether oxygens (including phenoxy) is 1. The first-order valence-electron chi connectivity index (χ1n) is 9.97. The zero-order valence-corrected chi connectivity index (χ0v) is 17.3. The highest BCUT2D eigenvalue weighted by Gasteiger charge is 2.25. The van der Waals surface area contributed by atoms with E-state index < -0.39 is 0 Å². The summed E-state index contributed by atoms with van der Waals surface area (Å²) in [5.41, 5.74) is 4.11. The standard InChI is InChI=1S/C22H24FN5O2/c1-14(2)10-22(29)27-11-16-4-9-21(24-19(16)12-27)30-13-20-15(3)25-26-28(20)18-7-5-17(23)6-8-18/h4-9,14H,10-13H2,1-3H3. The van der Waals surface area contributed by atoms with Crippen molar-refractivity contribution in [3.05, 3.63) is 64.9 Å². The first kappa shape index (κ1) is 20.0. The van der Waals surface area contributed by atoms with Gasteiger partial charge in [-0.1, -0.05) is 19.1 Å². The molecule has 0 spiro atoms. The van der Waals surface area contributed by atoms with E-state index in [-0.39, 0.29) is 18.3 Å². The van der Waals surface area contributed by atoms with Crippen molar-refractivity contribution in [1.82, 2.24) is 24.9 Å². The number of amides is 1. The van der Waals surface area contributed by atoms with Gasteiger partial charge >= 0.3 is 0 Å². The fourth-order valence-corrected chi connectivity index (χ4v) is 3.44. The summed E-state index contributed by atoms with van der Waals surface area (Å²) in [5.74, 6) is 0.654. The van der Waals surface area contributed by atoms with Gasteiger partial charge in [0.25, 0.3) is 0 Å². The number of carbonyl (C=O) groups is 1. The van der Waals surface area contributed by atoms with E-state index in [1.807, 2.05) is 37.8 Å². The number of pyridine rings is 1. The fourth-order valence-electron chi connectivity index (χ4n) is 3.44. The van der Waals surface area contributed by atoms with Crippen LogP contribution in [0.2, 0.25) is 0 Å². The van der Waals surface area contributed by atoms with Crippen molar-refractivity contribution in [1.29, 1.82) is 0 Å². The van der Waals surface area contributed by atoms with Crippen LogP contribution >= 0.6 is 0 Å². The van der Waals surface area contributed by atoms with E-state index in [2.05, 4.69) is 15.3 Å². The van der Waals surface area contributed by atoms with Gasteiger partial charge in [0.05, 0.1) is 23.6 Å². The number of aromatic nitrogens is 4. The quantitative estimate of drug-likeness (QED) is 0.622. The van der Waals surface area contributed by atoms with Crippen molar-refractivity contribution in [2.75, 3.05) is 0 Å². The van der Waals surface area contributed by atoms with Crippen LogP contribution in [0, 0.1) is 18.7 Å². The molecule has 3 heterocycles. The zero-order chi connectivity index (χ0) is 21.3. The molecule has 4 rings (SSSR count). The van der Waals surface area contributed by atoms with Gasteiger partial charge in [0, 0.05) is 19.0 Å². The number of benzene rings is 1. The van der Waals surface area contributed by atoms with Crippen molar-refractivity contribution in [2.45, 2.75) is 46.9 Å². The number of halogens is 1. The van der Waals surface area contributed by atoms with E-state index in [1.165, 1.54) is 12.1 Å². The second-order valence-corrected chi connectivity index (χ2v) is 7.90. The number of fused-ring (bicyclic) bond motifs is 1. The molecule has 156 valence electrons. The lowest BCUT2D eigenvalue weighted by atomic mass is 10.1. The van der Waals surface area contributed by atoms with Crippen LogP contribution in [0.4, 0.5) is 4.39 Å². The number of aryl methyl sites for hydroxylation is 1. The summed E-state index contributed by atoms with van der Waals surface area (Å²) in [6, 6.07) is 9.82. The molecule has 1 amide bonds. The lowest BCUT2D eigenvalue weighted by Crippen LogP contribution is -2.26. The molecule has 3 aromatic rings. The summed E-state index contributed by atoms with van der Waals surface area (Å²) in [6.45, 7) is 7.25. The van der Waals surface area contributed by atoms with Crippen LogP contribution in [0.5, 0.6) is 5.88 Å². The molecule has 0 aliphatic carbocycles. The Bertz CT molecular complexity index is 1060. The molecule has 2 aromatic heterocycles. The maximum absolute atomic E-state index is 13.2. The van der Waals surface area contributed by atoms with E-state index >= 15 is 0 Å². The van der Waals surface area contributed by atoms with Crippen molar-refractivity contribution in [3.63, 3.8) is 0 Å². The summed E-state index contributed by atoms with van der Waals surface area (Å²) >= 11 is 0. The van der Waals surface area contributed by atoms with Gasteiger partial charge in [0.1, 0.15) is 18.1 Å². The second kappa shape index (κ2) is 8.22. The number of nitrogens with zero attached hydrogens (tertiary/aromatic N) is 5. The minimum Gasteiger partial charge on any atom is -0.471 e. The molecule has 0 saturated carbocycles. The molecule has 0 bridgehead atoms. The summed E-state index contributed by atoms with van der Waals surface area (Å²) in [4.78, 5) is 18.8. The van der Waals surface area contributed by atoms with Gasteiger partial charge in [-0.05, 0) is 48.7 Å². The summed E-state index contributed by atoms with van der Waals surface area (Å²) in [7, 11) is 0. The normalized spacial score (nSPS) is 13.0. The van der Waals surface area contributed by atoms with E-state index in [9.17, 15) is 9.18 Å². The van der Waals surface area contributed by atoms with Crippen LogP contribution in [0.3, 0.4) is 0 Å². The molecule has 1 aromatic carbocycles. The molecular formula is C22H24FN5O2. The SMILES string of the molecule is Cc1nnn(-c2ccc(F)cc2)c1COc1ccc2c(n1)CN(C(=O)CC(C)C)C2. The van der Waals surface area contributed by atoms with Crippen molar-refractivity contribution < 1.29 is 13.9 Å². The van der Waals surface area contributed by atoms with Gasteiger partial charge in [-0.3, -0.25) is 4.79 Å². The molecule has 0 atom stereocenters. The van der Waals surface area contributed by atoms with Gasteiger partial charge < -0.3 is 9.64 Å². The number of carbonyl (C=O) groups excluding carboxylic acids is 1. The predicted octanol–water partition coefficient (Wildman–Crippen LogP) is 3.58. The van der Waals surface area contributed by atoms with Gasteiger partial charge in [-0.15, -0.1) is 5.10 Å². The van der Waals surface area contributed by atoms with Gasteiger partial charge in [-0.2, -0.15) is 0 Å². The Morgan fingerprint density at radius 1 is 1.17 bits per heavy atom. The maximum Gasteiger partial charge on any atom is 0.223 e. The van der Waals surface area contributed by atoms with Crippen molar-refractivity contribution in [3.8, 4) is 11.6 Å². The molecular weight excluding hydrogens is 385 g/mol. The van der Waals surface area contributed by atoms with E-state index in [4.69, 9.17) is 4.74 Å². The summed E-state index contributed by atoms with van der Waals surface area (Å²) < 4.78 is 20.8. The highest BCUT2D eigenvalue weighted by Crippen LogP contribution is 2.25. The van der Waals surface area contributed by atoms with Crippen molar-refractivity contribution >= 4 is 5.91 Å². The van der Waals surface area contributed by atoms with E-state index in [0.29, 0.717) is 37.0 Å². The molecule has 1 aliphatic rings. The van der Waals surface area contributed by atoms with Crippen LogP contribution in [0.1, 0.15) is 42.9 Å². The number of hydrogen-bond acceptors (Lipinski definition) is 5. The van der Waals surface area contributed by atoms with Crippen LogP contribution in [0.15, 0.2) is 36.4 Å². The Morgan fingerprint density at radius 3 is 2.67 bits per heavy atom. The fraction of sp³-hybridized carbons (Fsp3) is 0.364. The molecule has 30 heavy (non-hydrogen) atoms. The van der Waals surface area contributed by atoms with Gasteiger partial charge in [0.15, 0.2) is 0 Å². The average Bonchev–Trinajstić information content (AvgIpc) is 3.29. The van der Waals surface area contributed by atoms with Crippen LogP contribution in [0.25, 0.3) is 5.69 Å². The first-order valence-corrected chi connectivity index (χ1v) is 9.97. The summed E-state index contributed by atoms with van der Waals surface area (Å²) in [6.07, 6.45) is 0.539. The molecule has 0 fully saturated rings. The van der Waals surface area contributed by atoms with Crippen molar-refractivity contribution in [2.24, 2.45) is 5.92 Å². The molecule has 7 nitrogen and oxygen atoms in total. The Balaban J connectivity index is 1.46. The lowest BCUT2D eigenvalue weighted by Gasteiger charge is -2.16. The number of rotatable bonds is 6. The van der Waals surface area contributed by atoms with Crippen LogP contribution < -0.4 is 4.74 Å². The van der Waals surface area contributed by atoms with Gasteiger partial charge in [0.2, 0.25) is 11.8 Å². The second-order valence-electron chi connectivity index (χ2n) is 7.90. The third-order valence-corrected chi connectivity index (χ3v) is 5.07. The molecule has 0 saturated heterocycles. The summed E-state index contributed by atoms with van der Waals surface area (Å²) in [5, 5.41) is 8.25. The zero-order valence-electron chi connectivity index (χ0n) is 17.3. The molecule has 0 unspecified atom stereocenters. The largest absolute Gasteiger partial charge is 0.471 e. The van der Waals surface area contributed by atoms with Crippen LogP contribution in [-0.2, 0) is 24.5 Å². The monoisotopic (exact) mass is 409 g/mol. The highest BCUT2D eigenvalue weighted by molar-refractivity contribution is 5.77. The topological polar surface area (TPSA) is 73.1 Å². The Morgan fingerprint density at radius 2 is 1.93 bits per heavy atom. The number of hydrogen-bond donors (Lipinski definition) is 0. The third kappa shape index (κ3) is 4.17. The Kier molecular flexibility index (Phi) is 5.48. The van der Waals surface area contributed by atoms with Gasteiger partial charge in [-0.25, -0.2) is 14.1 Å². The average molecular weight is 409 g/mol. The Hall–Kier alpha value is -3.29.